The van der Waals surface area contributed by atoms with Gasteiger partial charge in [0, 0.05) is 20.0 Å². The Morgan fingerprint density at radius 1 is 1.20 bits per heavy atom. The van der Waals surface area contributed by atoms with Gasteiger partial charge in [0.25, 0.3) is 0 Å². The lowest BCUT2D eigenvalue weighted by atomic mass is 10.2. The molecule has 0 saturated heterocycles. The zero-order valence-electron chi connectivity index (χ0n) is 8.57. The molecule has 4 nitrogen and oxygen atoms in total. The number of hydrogen-bond donors (Lipinski definition) is 1. The highest BCUT2D eigenvalue weighted by atomic mass is 15.5. The number of para-hydroxylation sites is 2. The van der Waals surface area contributed by atoms with Crippen molar-refractivity contribution in [1.82, 2.24) is 15.4 Å². The Labute approximate surface area is 87.9 Å². The molecule has 1 aliphatic rings. The molecule has 1 aliphatic heterocycles. The Morgan fingerprint density at radius 3 is 2.73 bits per heavy atom. The van der Waals surface area contributed by atoms with Crippen molar-refractivity contribution in [2.75, 3.05) is 18.6 Å². The number of fused-ring (bicyclic) bond motifs is 2. The molecule has 0 bridgehead atoms. The van der Waals surface area contributed by atoms with Crippen LogP contribution in [-0.2, 0) is 6.42 Å². The summed E-state index contributed by atoms with van der Waals surface area (Å²) in [5.41, 5.74) is 6.24. The van der Waals surface area contributed by atoms with E-state index in [0.717, 1.165) is 35.5 Å². The summed E-state index contributed by atoms with van der Waals surface area (Å²) in [5.74, 6) is 0.944. The number of hydrogen-bond acceptors (Lipinski definition) is 4. The number of nitrogens with zero attached hydrogens (tertiary/aromatic N) is 3. The molecule has 3 rings (SSSR count). The van der Waals surface area contributed by atoms with Crippen molar-refractivity contribution >= 4 is 16.9 Å². The predicted octanol–water partition coefficient (Wildman–Crippen LogP) is 1.13. The summed E-state index contributed by atoms with van der Waals surface area (Å²) in [6, 6.07) is 7.98. The number of rotatable bonds is 0. The maximum Gasteiger partial charge on any atom is 0.165 e. The van der Waals surface area contributed by atoms with E-state index < -0.39 is 0 Å². The lowest BCUT2D eigenvalue weighted by Gasteiger charge is -2.26. The van der Waals surface area contributed by atoms with Crippen molar-refractivity contribution in [2.45, 2.75) is 6.42 Å². The molecule has 0 unspecified atom stereocenters. The molecule has 2 aromatic rings. The molecule has 0 aliphatic carbocycles. The van der Waals surface area contributed by atoms with Crippen molar-refractivity contribution in [1.29, 1.82) is 0 Å². The summed E-state index contributed by atoms with van der Waals surface area (Å²) in [6.07, 6.45) is 0.942. The zero-order chi connectivity index (χ0) is 10.3. The Kier molecular flexibility index (Phi) is 1.82. The normalized spacial score (nSPS) is 15.4. The summed E-state index contributed by atoms with van der Waals surface area (Å²) in [7, 11) is 1.97. The zero-order valence-corrected chi connectivity index (χ0v) is 8.57. The number of anilines is 1. The second-order valence-corrected chi connectivity index (χ2v) is 3.70. The second-order valence-electron chi connectivity index (χ2n) is 3.70. The van der Waals surface area contributed by atoms with E-state index in [1.165, 1.54) is 0 Å². The summed E-state index contributed by atoms with van der Waals surface area (Å²) in [4.78, 5) is 9.22. The fourth-order valence-electron chi connectivity index (χ4n) is 1.88. The number of benzene rings is 1. The minimum Gasteiger partial charge on any atom is -0.294 e. The first kappa shape index (κ1) is 8.61. The molecule has 0 saturated carbocycles. The minimum absolute atomic E-state index is 0.927. The van der Waals surface area contributed by atoms with Gasteiger partial charge in [-0.25, -0.2) is 15.4 Å². The highest BCUT2D eigenvalue weighted by molar-refractivity contribution is 5.76. The molecule has 1 N–H and O–H groups in total. The van der Waals surface area contributed by atoms with Gasteiger partial charge in [-0.05, 0) is 12.1 Å². The van der Waals surface area contributed by atoms with Crippen molar-refractivity contribution in [3.05, 3.63) is 30.0 Å². The van der Waals surface area contributed by atoms with E-state index in [9.17, 15) is 0 Å². The molecule has 2 heterocycles. The first-order chi connectivity index (χ1) is 7.34. The van der Waals surface area contributed by atoms with Crippen LogP contribution >= 0.6 is 0 Å². The van der Waals surface area contributed by atoms with Crippen LogP contribution < -0.4 is 10.4 Å². The largest absolute Gasteiger partial charge is 0.294 e. The third-order valence-corrected chi connectivity index (χ3v) is 2.65. The third-order valence-electron chi connectivity index (χ3n) is 2.65. The number of nitrogens with one attached hydrogen (secondary N) is 1. The average molecular weight is 200 g/mol. The van der Waals surface area contributed by atoms with Crippen LogP contribution in [0.3, 0.4) is 0 Å². The fraction of sp³-hybridized carbons (Fsp3) is 0.273. The molecule has 76 valence electrons. The Hall–Kier alpha value is -1.68. The maximum absolute atomic E-state index is 4.62. The molecular formula is C11H12N4. The van der Waals surface area contributed by atoms with Crippen LogP contribution in [0.15, 0.2) is 24.3 Å². The standard InChI is InChI=1S/C11H12N4/c1-15-11-10(6-7-12-15)13-8-4-2-3-5-9(8)14-11/h2-5,12H,6-7H2,1H3. The quantitative estimate of drug-likeness (QED) is 0.692. The van der Waals surface area contributed by atoms with Crippen LogP contribution in [0.1, 0.15) is 5.69 Å². The van der Waals surface area contributed by atoms with Crippen molar-refractivity contribution in [2.24, 2.45) is 0 Å². The highest BCUT2D eigenvalue weighted by Gasteiger charge is 2.16. The van der Waals surface area contributed by atoms with E-state index in [-0.39, 0.29) is 0 Å². The molecule has 4 heteroatoms. The van der Waals surface area contributed by atoms with E-state index in [1.807, 2.05) is 36.3 Å². The van der Waals surface area contributed by atoms with Gasteiger partial charge in [-0.3, -0.25) is 5.01 Å². The average Bonchev–Trinajstić information content (AvgIpc) is 2.27. The van der Waals surface area contributed by atoms with Gasteiger partial charge in [0.05, 0.1) is 16.7 Å². The van der Waals surface area contributed by atoms with Crippen molar-refractivity contribution in [3.63, 3.8) is 0 Å². The Morgan fingerprint density at radius 2 is 1.93 bits per heavy atom. The monoisotopic (exact) mass is 200 g/mol. The summed E-state index contributed by atoms with van der Waals surface area (Å²) >= 11 is 0. The first-order valence-electron chi connectivity index (χ1n) is 5.07. The van der Waals surface area contributed by atoms with Crippen molar-refractivity contribution in [3.8, 4) is 0 Å². The molecule has 1 aromatic heterocycles. The van der Waals surface area contributed by atoms with Crippen LogP contribution in [0.4, 0.5) is 5.82 Å². The highest BCUT2D eigenvalue weighted by Crippen LogP contribution is 2.21. The number of aromatic nitrogens is 2. The summed E-state index contributed by atoms with van der Waals surface area (Å²) < 4.78 is 0. The van der Waals surface area contributed by atoms with Gasteiger partial charge in [0.2, 0.25) is 0 Å². The lowest BCUT2D eigenvalue weighted by Crippen LogP contribution is -2.41. The summed E-state index contributed by atoms with van der Waals surface area (Å²) in [5, 5.41) is 1.94. The van der Waals surface area contributed by atoms with E-state index in [2.05, 4.69) is 15.4 Å². The van der Waals surface area contributed by atoms with Gasteiger partial charge >= 0.3 is 0 Å². The smallest absolute Gasteiger partial charge is 0.165 e. The van der Waals surface area contributed by atoms with Crippen LogP contribution in [0.2, 0.25) is 0 Å². The van der Waals surface area contributed by atoms with Crippen LogP contribution in [0.25, 0.3) is 11.0 Å². The van der Waals surface area contributed by atoms with E-state index >= 15 is 0 Å². The fourth-order valence-corrected chi connectivity index (χ4v) is 1.88. The van der Waals surface area contributed by atoms with Crippen LogP contribution in [0.5, 0.6) is 0 Å². The third kappa shape index (κ3) is 1.34. The first-order valence-corrected chi connectivity index (χ1v) is 5.07. The molecular weight excluding hydrogens is 188 g/mol. The Balaban J connectivity index is 2.27. The summed E-state index contributed by atoms with van der Waals surface area (Å²) in [6.45, 7) is 0.927. The van der Waals surface area contributed by atoms with Gasteiger partial charge in [-0.2, -0.15) is 0 Å². The molecule has 0 spiro atoms. The maximum atomic E-state index is 4.62. The molecule has 0 fully saturated rings. The molecule has 0 atom stereocenters. The van der Waals surface area contributed by atoms with Crippen molar-refractivity contribution < 1.29 is 0 Å². The van der Waals surface area contributed by atoms with Gasteiger partial charge in [0.15, 0.2) is 5.82 Å². The lowest BCUT2D eigenvalue weighted by molar-refractivity contribution is 0.622. The van der Waals surface area contributed by atoms with E-state index in [0.29, 0.717) is 0 Å². The van der Waals surface area contributed by atoms with Gasteiger partial charge in [-0.1, -0.05) is 12.1 Å². The molecule has 0 radical (unpaired) electrons. The SMILES string of the molecule is CN1NCCc2nc3ccccc3nc21. The second kappa shape index (κ2) is 3.17. The Bertz CT molecular complexity index is 509. The molecule has 1 aromatic carbocycles. The van der Waals surface area contributed by atoms with Gasteiger partial charge in [-0.15, -0.1) is 0 Å². The van der Waals surface area contributed by atoms with E-state index in [4.69, 9.17) is 0 Å². The van der Waals surface area contributed by atoms with Gasteiger partial charge < -0.3 is 0 Å². The molecule has 15 heavy (non-hydrogen) atoms. The topological polar surface area (TPSA) is 41.0 Å². The van der Waals surface area contributed by atoms with Gasteiger partial charge in [0.1, 0.15) is 0 Å². The predicted molar refractivity (Wildman–Crippen MR) is 59.6 cm³/mol. The van der Waals surface area contributed by atoms with Crippen LogP contribution in [0, 0.1) is 0 Å². The number of hydrazine groups is 1. The van der Waals surface area contributed by atoms with Crippen LogP contribution in [-0.4, -0.2) is 23.6 Å². The molecule has 0 amide bonds. The minimum atomic E-state index is 0.927. The van der Waals surface area contributed by atoms with E-state index in [1.54, 1.807) is 0 Å².